The summed E-state index contributed by atoms with van der Waals surface area (Å²) in [6.07, 6.45) is 3.18. The van der Waals surface area contributed by atoms with Crippen LogP contribution in [-0.4, -0.2) is 28.0 Å². The molecule has 7 heteroatoms. The van der Waals surface area contributed by atoms with Crippen LogP contribution >= 0.6 is 0 Å². The zero-order valence-electron chi connectivity index (χ0n) is 16.6. The molecule has 0 spiro atoms. The van der Waals surface area contributed by atoms with Crippen molar-refractivity contribution >= 4 is 27.3 Å². The number of hydrogen-bond donors (Lipinski definition) is 1. The molecule has 1 N–H and O–H groups in total. The van der Waals surface area contributed by atoms with Crippen LogP contribution in [0.4, 0.5) is 11.4 Å². The summed E-state index contributed by atoms with van der Waals surface area (Å²) in [6.45, 7) is 4.14. The molecule has 0 unspecified atom stereocenters. The third kappa shape index (κ3) is 5.25. The largest absolute Gasteiger partial charge is 0.495 e. The molecule has 0 fully saturated rings. The molecular formula is C21H28N2O4S. The summed E-state index contributed by atoms with van der Waals surface area (Å²) in [5.74, 6) is 0.266. The van der Waals surface area contributed by atoms with Crippen LogP contribution in [0.5, 0.6) is 5.75 Å². The van der Waals surface area contributed by atoms with Crippen molar-refractivity contribution in [2.24, 2.45) is 0 Å². The maximum Gasteiger partial charge on any atom is 0.264 e. The highest BCUT2D eigenvalue weighted by Gasteiger charge is 2.25. The van der Waals surface area contributed by atoms with Crippen molar-refractivity contribution in [1.29, 1.82) is 0 Å². The van der Waals surface area contributed by atoms with Crippen molar-refractivity contribution in [3.63, 3.8) is 0 Å². The van der Waals surface area contributed by atoms with E-state index < -0.39 is 10.0 Å². The summed E-state index contributed by atoms with van der Waals surface area (Å²) in [7, 11) is -2.30. The van der Waals surface area contributed by atoms with Gasteiger partial charge in [-0.3, -0.25) is 9.10 Å². The van der Waals surface area contributed by atoms with Gasteiger partial charge in [-0.2, -0.15) is 0 Å². The minimum absolute atomic E-state index is 0.0999. The van der Waals surface area contributed by atoms with E-state index in [2.05, 4.69) is 12.2 Å². The van der Waals surface area contributed by atoms with Gasteiger partial charge in [0.2, 0.25) is 5.91 Å². The molecule has 28 heavy (non-hydrogen) atoms. The summed E-state index contributed by atoms with van der Waals surface area (Å²) in [6, 6.07) is 13.4. The Morgan fingerprint density at radius 2 is 1.79 bits per heavy atom. The Labute approximate surface area is 167 Å². The van der Waals surface area contributed by atoms with E-state index in [1.807, 2.05) is 6.07 Å². The maximum atomic E-state index is 13.2. The zero-order chi connectivity index (χ0) is 20.6. The Morgan fingerprint density at radius 1 is 1.07 bits per heavy atom. The normalized spacial score (nSPS) is 11.1. The number of carbonyl (C=O) groups excluding carboxylic acids is 1. The third-order valence-electron chi connectivity index (χ3n) is 4.37. The van der Waals surface area contributed by atoms with Crippen molar-refractivity contribution in [2.45, 2.75) is 44.4 Å². The average Bonchev–Trinajstić information content (AvgIpc) is 2.69. The molecule has 0 aliphatic rings. The quantitative estimate of drug-likeness (QED) is 0.595. The molecule has 6 nitrogen and oxygen atoms in total. The lowest BCUT2D eigenvalue weighted by Crippen LogP contribution is -2.30. The minimum Gasteiger partial charge on any atom is -0.495 e. The van der Waals surface area contributed by atoms with Crippen LogP contribution < -0.4 is 14.4 Å². The molecule has 2 aromatic carbocycles. The number of benzene rings is 2. The number of ether oxygens (including phenoxy) is 1. The van der Waals surface area contributed by atoms with Gasteiger partial charge in [0.25, 0.3) is 10.0 Å². The number of anilines is 2. The highest BCUT2D eigenvalue weighted by molar-refractivity contribution is 7.92. The Hall–Kier alpha value is -2.54. The lowest BCUT2D eigenvalue weighted by Gasteiger charge is -2.23. The number of nitrogens with one attached hydrogen (secondary N) is 1. The first kappa shape index (κ1) is 21.8. The topological polar surface area (TPSA) is 75.7 Å². The van der Waals surface area contributed by atoms with Crippen molar-refractivity contribution in [1.82, 2.24) is 0 Å². The van der Waals surface area contributed by atoms with Gasteiger partial charge in [0, 0.05) is 13.0 Å². The van der Waals surface area contributed by atoms with Crippen molar-refractivity contribution in [2.75, 3.05) is 23.3 Å². The molecule has 0 heterocycles. The van der Waals surface area contributed by atoms with E-state index >= 15 is 0 Å². The summed E-state index contributed by atoms with van der Waals surface area (Å²) in [5, 5.41) is 2.78. The Bertz CT molecular complexity index is 883. The highest BCUT2D eigenvalue weighted by atomic mass is 32.2. The molecule has 2 rings (SSSR count). The van der Waals surface area contributed by atoms with Crippen LogP contribution in [0.1, 0.15) is 39.5 Å². The van der Waals surface area contributed by atoms with E-state index in [1.165, 1.54) is 23.5 Å². The predicted molar refractivity (Wildman–Crippen MR) is 112 cm³/mol. The van der Waals surface area contributed by atoms with E-state index in [-0.39, 0.29) is 17.3 Å². The number of unbranched alkanes of at least 4 members (excludes halogenated alkanes) is 2. The fourth-order valence-corrected chi connectivity index (χ4v) is 4.41. The van der Waals surface area contributed by atoms with E-state index in [4.69, 9.17) is 4.74 Å². The van der Waals surface area contributed by atoms with Gasteiger partial charge < -0.3 is 10.1 Å². The lowest BCUT2D eigenvalue weighted by molar-refractivity contribution is -0.116. The molecule has 0 aliphatic heterocycles. The molecule has 2 aromatic rings. The third-order valence-corrected chi connectivity index (χ3v) is 6.27. The van der Waals surface area contributed by atoms with Gasteiger partial charge in [0.1, 0.15) is 5.75 Å². The highest BCUT2D eigenvalue weighted by Crippen LogP contribution is 2.31. The minimum atomic E-state index is -3.78. The molecular weight excluding hydrogens is 376 g/mol. The fraction of sp³-hybridized carbons (Fsp3) is 0.381. The Balaban J connectivity index is 2.33. The van der Waals surface area contributed by atoms with Crippen molar-refractivity contribution < 1.29 is 17.9 Å². The Morgan fingerprint density at radius 3 is 2.39 bits per heavy atom. The standard InChI is InChI=1S/C21H28N2O4S/c1-4-6-8-13-21(24)22-19-16-18(14-15-20(19)27-3)28(25,26)23(5-2)17-11-9-7-10-12-17/h7,9-12,14-16H,4-6,8,13H2,1-3H3,(H,22,24). The summed E-state index contributed by atoms with van der Waals surface area (Å²) in [5.41, 5.74) is 0.945. The smallest absolute Gasteiger partial charge is 0.264 e. The summed E-state index contributed by atoms with van der Waals surface area (Å²) in [4.78, 5) is 12.3. The van der Waals surface area contributed by atoms with E-state index in [0.717, 1.165) is 19.3 Å². The van der Waals surface area contributed by atoms with Gasteiger partial charge in [-0.25, -0.2) is 8.42 Å². The van der Waals surface area contributed by atoms with Gasteiger partial charge in [0.05, 0.1) is 23.4 Å². The van der Waals surface area contributed by atoms with Gasteiger partial charge in [-0.15, -0.1) is 0 Å². The molecule has 1 amide bonds. The number of methoxy groups -OCH3 is 1. The van der Waals surface area contributed by atoms with Crippen LogP contribution in [0.15, 0.2) is 53.4 Å². The number of hydrogen-bond acceptors (Lipinski definition) is 4. The number of rotatable bonds is 10. The van der Waals surface area contributed by atoms with Gasteiger partial charge in [-0.05, 0) is 43.7 Å². The summed E-state index contributed by atoms with van der Waals surface area (Å²) < 4.78 is 33.0. The Kier molecular flexibility index (Phi) is 7.87. The first-order valence-electron chi connectivity index (χ1n) is 9.49. The van der Waals surface area contributed by atoms with E-state index in [0.29, 0.717) is 23.5 Å². The molecule has 0 atom stereocenters. The van der Waals surface area contributed by atoms with Crippen molar-refractivity contribution in [3.8, 4) is 5.75 Å². The van der Waals surface area contributed by atoms with Gasteiger partial charge in [-0.1, -0.05) is 38.0 Å². The first-order chi connectivity index (χ1) is 13.4. The average molecular weight is 405 g/mol. The fourth-order valence-electron chi connectivity index (χ4n) is 2.91. The predicted octanol–water partition coefficient (Wildman–Crippen LogP) is 4.43. The SMILES string of the molecule is CCCCCC(=O)Nc1cc(S(=O)(=O)N(CC)c2ccccc2)ccc1OC. The van der Waals surface area contributed by atoms with E-state index in [1.54, 1.807) is 37.3 Å². The van der Waals surface area contributed by atoms with Crippen molar-refractivity contribution in [3.05, 3.63) is 48.5 Å². The number of para-hydroxylation sites is 1. The van der Waals surface area contributed by atoms with Gasteiger partial charge in [0.15, 0.2) is 0 Å². The molecule has 0 radical (unpaired) electrons. The summed E-state index contributed by atoms with van der Waals surface area (Å²) >= 11 is 0. The monoisotopic (exact) mass is 404 g/mol. The number of amides is 1. The van der Waals surface area contributed by atoms with Crippen LogP contribution in [0, 0.1) is 0 Å². The second-order valence-corrected chi connectivity index (χ2v) is 8.24. The van der Waals surface area contributed by atoms with Crippen LogP contribution in [0.2, 0.25) is 0 Å². The molecule has 0 aromatic heterocycles. The molecule has 0 saturated carbocycles. The molecule has 0 bridgehead atoms. The molecule has 152 valence electrons. The van der Waals surface area contributed by atoms with E-state index in [9.17, 15) is 13.2 Å². The molecule has 0 aliphatic carbocycles. The number of carbonyl (C=O) groups is 1. The lowest BCUT2D eigenvalue weighted by atomic mass is 10.2. The second kappa shape index (κ2) is 10.1. The van der Waals surface area contributed by atoms with Crippen LogP contribution in [0.25, 0.3) is 0 Å². The maximum absolute atomic E-state index is 13.2. The number of sulfonamides is 1. The van der Waals surface area contributed by atoms with Crippen LogP contribution in [0.3, 0.4) is 0 Å². The van der Waals surface area contributed by atoms with Crippen LogP contribution in [-0.2, 0) is 14.8 Å². The number of nitrogens with zero attached hydrogens (tertiary/aromatic N) is 1. The first-order valence-corrected chi connectivity index (χ1v) is 10.9. The zero-order valence-corrected chi connectivity index (χ0v) is 17.5. The molecule has 0 saturated heterocycles. The second-order valence-electron chi connectivity index (χ2n) is 6.37. The van der Waals surface area contributed by atoms with Gasteiger partial charge >= 0.3 is 0 Å².